The molecule has 0 fully saturated rings. The Labute approximate surface area is 139 Å². The molecule has 0 aliphatic heterocycles. The number of fused-ring (bicyclic) bond motifs is 3. The fraction of sp³-hybridized carbons (Fsp3) is 0.176. The molecule has 4 aromatic rings. The van der Waals surface area contributed by atoms with E-state index in [1.54, 1.807) is 7.11 Å². The van der Waals surface area contributed by atoms with E-state index in [9.17, 15) is 8.78 Å². The Kier molecular flexibility index (Phi) is 3.54. The number of pyridine rings is 1. The van der Waals surface area contributed by atoms with Crippen LogP contribution in [0.15, 0.2) is 28.8 Å². The van der Waals surface area contributed by atoms with E-state index in [0.717, 1.165) is 27.5 Å². The van der Waals surface area contributed by atoms with E-state index in [-0.39, 0.29) is 11.3 Å². The lowest BCUT2D eigenvalue weighted by molar-refractivity contribution is 0.186. The van der Waals surface area contributed by atoms with Crippen LogP contribution in [-0.4, -0.2) is 17.3 Å². The summed E-state index contributed by atoms with van der Waals surface area (Å²) in [6, 6.07) is 5.31. The third-order valence-corrected chi connectivity index (χ3v) is 4.83. The van der Waals surface area contributed by atoms with Crippen molar-refractivity contribution in [2.45, 2.75) is 13.5 Å². The number of nitrogens with zero attached hydrogens (tertiary/aromatic N) is 2. The molecular formula is C17H12F2N2O2S. The molecule has 24 heavy (non-hydrogen) atoms. The van der Waals surface area contributed by atoms with E-state index in [2.05, 4.69) is 10.1 Å². The monoisotopic (exact) mass is 346 g/mol. The number of aryl methyl sites for hydroxylation is 1. The highest BCUT2D eigenvalue weighted by Crippen LogP contribution is 2.41. The highest BCUT2D eigenvalue weighted by Gasteiger charge is 2.22. The fourth-order valence-corrected chi connectivity index (χ4v) is 3.97. The van der Waals surface area contributed by atoms with Gasteiger partial charge in [0.2, 0.25) is 0 Å². The zero-order valence-electron chi connectivity index (χ0n) is 12.9. The molecule has 0 unspecified atom stereocenters. The van der Waals surface area contributed by atoms with E-state index < -0.39 is 11.6 Å². The van der Waals surface area contributed by atoms with Crippen molar-refractivity contribution in [3.05, 3.63) is 47.2 Å². The summed E-state index contributed by atoms with van der Waals surface area (Å²) in [6.07, 6.45) is 0. The van der Waals surface area contributed by atoms with Crippen LogP contribution in [-0.2, 0) is 11.3 Å². The molecule has 122 valence electrons. The topological polar surface area (TPSA) is 48.2 Å². The highest BCUT2D eigenvalue weighted by atomic mass is 32.1. The minimum absolute atomic E-state index is 0.176. The third kappa shape index (κ3) is 2.28. The molecule has 0 spiro atoms. The van der Waals surface area contributed by atoms with Crippen LogP contribution in [0.1, 0.15) is 11.3 Å². The summed E-state index contributed by atoms with van der Waals surface area (Å²) >= 11 is 1.37. The Morgan fingerprint density at radius 1 is 1.25 bits per heavy atom. The molecule has 3 heterocycles. The first kappa shape index (κ1) is 15.2. The largest absolute Gasteiger partial charge is 0.380 e. The van der Waals surface area contributed by atoms with Gasteiger partial charge < -0.3 is 9.26 Å². The van der Waals surface area contributed by atoms with Crippen LogP contribution in [0.2, 0.25) is 0 Å². The summed E-state index contributed by atoms with van der Waals surface area (Å²) in [5.41, 5.74) is 2.61. The standard InChI is InChI=1S/C17H12F2N2O2S/c1-8-5-9(7-22-2)13-14-16(24-17(13)20-8)15(23-21-14)11-4-3-10(18)6-12(11)19/h3-6H,7H2,1-2H3. The molecule has 3 aromatic heterocycles. The van der Waals surface area contributed by atoms with Gasteiger partial charge in [-0.1, -0.05) is 5.16 Å². The van der Waals surface area contributed by atoms with Gasteiger partial charge in [0.1, 0.15) is 26.7 Å². The van der Waals surface area contributed by atoms with Crippen molar-refractivity contribution in [1.29, 1.82) is 0 Å². The number of halogens is 2. The van der Waals surface area contributed by atoms with Crippen LogP contribution in [0.5, 0.6) is 0 Å². The van der Waals surface area contributed by atoms with Gasteiger partial charge in [-0.3, -0.25) is 0 Å². The van der Waals surface area contributed by atoms with Crippen molar-refractivity contribution in [2.24, 2.45) is 0 Å². The lowest BCUT2D eigenvalue weighted by atomic mass is 10.1. The van der Waals surface area contributed by atoms with Crippen LogP contribution in [0.3, 0.4) is 0 Å². The van der Waals surface area contributed by atoms with E-state index in [1.807, 2.05) is 13.0 Å². The van der Waals surface area contributed by atoms with Gasteiger partial charge in [-0.25, -0.2) is 13.8 Å². The number of hydrogen-bond acceptors (Lipinski definition) is 5. The normalized spacial score (nSPS) is 11.7. The lowest BCUT2D eigenvalue weighted by Crippen LogP contribution is -1.92. The second kappa shape index (κ2) is 5.61. The number of benzene rings is 1. The average molecular weight is 346 g/mol. The Morgan fingerprint density at radius 2 is 2.08 bits per heavy atom. The van der Waals surface area contributed by atoms with Crippen molar-refractivity contribution in [3.8, 4) is 11.3 Å². The maximum atomic E-state index is 14.1. The van der Waals surface area contributed by atoms with Crippen molar-refractivity contribution in [2.75, 3.05) is 7.11 Å². The smallest absolute Gasteiger partial charge is 0.187 e. The molecule has 0 saturated heterocycles. The number of methoxy groups -OCH3 is 1. The van der Waals surface area contributed by atoms with Gasteiger partial charge in [-0.15, -0.1) is 11.3 Å². The first-order valence-corrected chi connectivity index (χ1v) is 8.03. The maximum absolute atomic E-state index is 14.1. The van der Waals surface area contributed by atoms with Gasteiger partial charge >= 0.3 is 0 Å². The highest BCUT2D eigenvalue weighted by molar-refractivity contribution is 7.25. The van der Waals surface area contributed by atoms with E-state index >= 15 is 0 Å². The molecule has 0 saturated carbocycles. The van der Waals surface area contributed by atoms with E-state index in [0.29, 0.717) is 16.8 Å². The Bertz CT molecular complexity index is 1070. The summed E-state index contributed by atoms with van der Waals surface area (Å²) < 4.78 is 38.5. The minimum Gasteiger partial charge on any atom is -0.380 e. The molecule has 1 aromatic carbocycles. The summed E-state index contributed by atoms with van der Waals surface area (Å²) in [7, 11) is 1.62. The Morgan fingerprint density at radius 3 is 2.83 bits per heavy atom. The van der Waals surface area contributed by atoms with Crippen molar-refractivity contribution < 1.29 is 18.0 Å². The Hall–Kier alpha value is -2.38. The number of thiophene rings is 1. The number of ether oxygens (including phenoxy) is 1. The molecule has 0 atom stereocenters. The summed E-state index contributed by atoms with van der Waals surface area (Å²) in [5, 5.41) is 4.95. The van der Waals surface area contributed by atoms with Gasteiger partial charge in [0.25, 0.3) is 0 Å². The molecular weight excluding hydrogens is 334 g/mol. The van der Waals surface area contributed by atoms with Crippen LogP contribution < -0.4 is 0 Å². The minimum atomic E-state index is -0.688. The van der Waals surface area contributed by atoms with Gasteiger partial charge in [-0.2, -0.15) is 0 Å². The predicted octanol–water partition coefficient (Wildman–Crippen LogP) is 4.84. The predicted molar refractivity (Wildman–Crippen MR) is 88.0 cm³/mol. The molecule has 7 heteroatoms. The van der Waals surface area contributed by atoms with Crippen LogP contribution in [0, 0.1) is 18.6 Å². The van der Waals surface area contributed by atoms with Crippen molar-refractivity contribution in [1.82, 2.24) is 10.1 Å². The van der Waals surface area contributed by atoms with Crippen LogP contribution >= 0.6 is 11.3 Å². The Balaban J connectivity index is 2.01. The zero-order chi connectivity index (χ0) is 16.8. The third-order valence-electron chi connectivity index (χ3n) is 3.76. The summed E-state index contributed by atoms with van der Waals surface area (Å²) in [6.45, 7) is 2.32. The number of rotatable bonds is 3. The van der Waals surface area contributed by atoms with Gasteiger partial charge in [-0.05, 0) is 30.7 Å². The van der Waals surface area contributed by atoms with Gasteiger partial charge in [0.15, 0.2) is 5.76 Å². The second-order valence-electron chi connectivity index (χ2n) is 5.45. The molecule has 0 aliphatic carbocycles. The molecule has 0 radical (unpaired) electrons. The van der Waals surface area contributed by atoms with Crippen LogP contribution in [0.4, 0.5) is 8.78 Å². The first-order valence-electron chi connectivity index (χ1n) is 7.21. The van der Waals surface area contributed by atoms with Gasteiger partial charge in [0, 0.05) is 24.3 Å². The molecule has 0 aliphatic rings. The van der Waals surface area contributed by atoms with Gasteiger partial charge in [0.05, 0.1) is 12.2 Å². The molecule has 0 N–H and O–H groups in total. The lowest BCUT2D eigenvalue weighted by Gasteiger charge is -2.02. The van der Waals surface area contributed by atoms with Crippen molar-refractivity contribution in [3.63, 3.8) is 0 Å². The SMILES string of the molecule is COCc1cc(C)nc2sc3c(-c4ccc(F)cc4F)onc3c12. The number of hydrogen-bond donors (Lipinski definition) is 0. The summed E-state index contributed by atoms with van der Waals surface area (Å²) in [4.78, 5) is 5.32. The van der Waals surface area contributed by atoms with E-state index in [1.165, 1.54) is 23.5 Å². The molecule has 4 rings (SSSR count). The van der Waals surface area contributed by atoms with E-state index in [4.69, 9.17) is 9.26 Å². The zero-order valence-corrected chi connectivity index (χ0v) is 13.7. The average Bonchev–Trinajstić information content (AvgIpc) is 3.06. The first-order chi connectivity index (χ1) is 11.6. The quantitative estimate of drug-likeness (QED) is 0.533. The second-order valence-corrected chi connectivity index (χ2v) is 6.45. The van der Waals surface area contributed by atoms with Crippen molar-refractivity contribution >= 4 is 31.8 Å². The molecule has 4 nitrogen and oxygen atoms in total. The fourth-order valence-electron chi connectivity index (χ4n) is 2.78. The summed E-state index contributed by atoms with van der Waals surface area (Å²) in [5.74, 6) is -1.04. The maximum Gasteiger partial charge on any atom is 0.187 e. The number of aromatic nitrogens is 2. The van der Waals surface area contributed by atoms with Crippen LogP contribution in [0.25, 0.3) is 31.8 Å². The molecule has 0 bridgehead atoms. The molecule has 0 amide bonds.